The van der Waals surface area contributed by atoms with Crippen molar-refractivity contribution < 1.29 is 14.3 Å². The molecule has 1 aliphatic rings. The second-order valence-electron chi connectivity index (χ2n) is 5.65. The molecule has 20 heavy (non-hydrogen) atoms. The van der Waals surface area contributed by atoms with Gasteiger partial charge in [-0.1, -0.05) is 18.2 Å². The van der Waals surface area contributed by atoms with Gasteiger partial charge >= 0.3 is 5.97 Å². The molecule has 1 saturated carbocycles. The minimum Gasteiger partial charge on any atom is -0.463 e. The molecule has 2 atom stereocenters. The van der Waals surface area contributed by atoms with E-state index in [1.54, 1.807) is 0 Å². The Hall–Kier alpha value is -1.38. The fourth-order valence-corrected chi connectivity index (χ4v) is 2.57. The quantitative estimate of drug-likeness (QED) is 0.385. The van der Waals surface area contributed by atoms with Crippen LogP contribution >= 0.6 is 0 Å². The summed E-state index contributed by atoms with van der Waals surface area (Å²) < 4.78 is 5.06. The second kappa shape index (κ2) is 8.72. The van der Waals surface area contributed by atoms with Crippen molar-refractivity contribution in [1.82, 2.24) is 0 Å². The van der Waals surface area contributed by atoms with Crippen molar-refractivity contribution >= 4 is 11.8 Å². The van der Waals surface area contributed by atoms with Crippen LogP contribution in [0.15, 0.2) is 24.8 Å². The van der Waals surface area contributed by atoms with Crippen LogP contribution in [0.5, 0.6) is 0 Å². The maximum Gasteiger partial charge on any atom is 0.306 e. The van der Waals surface area contributed by atoms with E-state index < -0.39 is 0 Å². The van der Waals surface area contributed by atoms with Crippen LogP contribution in [-0.4, -0.2) is 17.9 Å². The van der Waals surface area contributed by atoms with E-state index in [4.69, 9.17) is 4.74 Å². The molecule has 0 aliphatic heterocycles. The van der Waals surface area contributed by atoms with Gasteiger partial charge in [0.2, 0.25) is 0 Å². The smallest absolute Gasteiger partial charge is 0.306 e. The lowest BCUT2D eigenvalue weighted by molar-refractivity contribution is -0.147. The van der Waals surface area contributed by atoms with Gasteiger partial charge < -0.3 is 4.74 Å². The molecule has 0 heterocycles. The highest BCUT2D eigenvalue weighted by atomic mass is 16.5. The normalized spacial score (nSPS) is 22.6. The van der Waals surface area contributed by atoms with Gasteiger partial charge in [-0.05, 0) is 45.4 Å². The third-order valence-electron chi connectivity index (χ3n) is 3.63. The maximum atomic E-state index is 11.7. The lowest BCUT2D eigenvalue weighted by atomic mass is 9.92. The van der Waals surface area contributed by atoms with Crippen LogP contribution < -0.4 is 0 Å². The van der Waals surface area contributed by atoms with Gasteiger partial charge in [-0.25, -0.2) is 0 Å². The summed E-state index contributed by atoms with van der Waals surface area (Å²) in [4.78, 5) is 23.0. The van der Waals surface area contributed by atoms with Gasteiger partial charge in [-0.15, -0.1) is 6.58 Å². The molecule has 0 N–H and O–H groups in total. The Bertz CT molecular complexity index is 368. The number of hydrogen-bond acceptors (Lipinski definition) is 3. The molecule has 0 aromatic heterocycles. The number of ether oxygens (including phenoxy) is 1. The second-order valence-corrected chi connectivity index (χ2v) is 5.65. The van der Waals surface area contributed by atoms with Crippen LogP contribution in [0.3, 0.4) is 0 Å². The Morgan fingerprint density at radius 3 is 2.85 bits per heavy atom. The van der Waals surface area contributed by atoms with Crippen LogP contribution in [-0.2, 0) is 14.3 Å². The topological polar surface area (TPSA) is 43.4 Å². The zero-order chi connectivity index (χ0) is 15.0. The number of carbonyl (C=O) groups excluding carboxylic acids is 2. The minimum absolute atomic E-state index is 0.0396. The fraction of sp³-hybridized carbons (Fsp3) is 0.647. The van der Waals surface area contributed by atoms with E-state index in [1.165, 1.54) is 0 Å². The van der Waals surface area contributed by atoms with E-state index in [0.717, 1.165) is 25.7 Å². The molecule has 3 heteroatoms. The molecule has 0 bridgehead atoms. The molecule has 0 unspecified atom stereocenters. The molecule has 0 saturated heterocycles. The number of allylic oxidation sites excluding steroid dienone is 3. The number of Topliss-reactive ketones (excluding diaryl/α,β-unsaturated/α-hetero) is 1. The molecule has 3 nitrogen and oxygen atoms in total. The largest absolute Gasteiger partial charge is 0.463 e. The third-order valence-corrected chi connectivity index (χ3v) is 3.63. The first-order chi connectivity index (χ1) is 9.54. The van der Waals surface area contributed by atoms with E-state index in [0.29, 0.717) is 24.5 Å². The number of carbonyl (C=O) groups is 2. The number of esters is 1. The van der Waals surface area contributed by atoms with Crippen LogP contribution in [0.2, 0.25) is 0 Å². The Balaban J connectivity index is 2.17. The zero-order valence-electron chi connectivity index (χ0n) is 12.6. The molecule has 1 aliphatic carbocycles. The molecule has 1 rings (SSSR count). The van der Waals surface area contributed by atoms with Gasteiger partial charge in [0.05, 0.1) is 6.10 Å². The SMILES string of the molecule is C=C[C@H]1CCC(=O)[C@@H]1C/C=C\CCCC(=O)OC(C)C. The number of rotatable bonds is 8. The molecule has 112 valence electrons. The maximum absolute atomic E-state index is 11.7. The summed E-state index contributed by atoms with van der Waals surface area (Å²) in [6.45, 7) is 7.51. The predicted octanol–water partition coefficient (Wildman–Crippen LogP) is 3.84. The summed E-state index contributed by atoms with van der Waals surface area (Å²) in [7, 11) is 0. The summed E-state index contributed by atoms with van der Waals surface area (Å²) in [5, 5.41) is 0. The number of hydrogen-bond donors (Lipinski definition) is 0. The van der Waals surface area contributed by atoms with Crippen molar-refractivity contribution in [2.75, 3.05) is 0 Å². The van der Waals surface area contributed by atoms with Crippen LogP contribution in [0.1, 0.15) is 52.4 Å². The summed E-state index contributed by atoms with van der Waals surface area (Å²) in [6, 6.07) is 0. The fourth-order valence-electron chi connectivity index (χ4n) is 2.57. The van der Waals surface area contributed by atoms with Crippen LogP contribution in [0, 0.1) is 11.8 Å². The van der Waals surface area contributed by atoms with Crippen LogP contribution in [0.4, 0.5) is 0 Å². The molecular formula is C17H26O3. The minimum atomic E-state index is -0.133. The summed E-state index contributed by atoms with van der Waals surface area (Å²) in [5.41, 5.74) is 0. The molecule has 1 fully saturated rings. The van der Waals surface area contributed by atoms with E-state index in [9.17, 15) is 9.59 Å². The van der Waals surface area contributed by atoms with Crippen molar-refractivity contribution in [3.8, 4) is 0 Å². The average molecular weight is 278 g/mol. The zero-order valence-corrected chi connectivity index (χ0v) is 12.6. The molecule has 0 aromatic carbocycles. The summed E-state index contributed by atoms with van der Waals surface area (Å²) >= 11 is 0. The highest BCUT2D eigenvalue weighted by Crippen LogP contribution is 2.32. The molecule has 0 aromatic rings. The molecular weight excluding hydrogens is 252 g/mol. The third kappa shape index (κ3) is 5.72. The van der Waals surface area contributed by atoms with Gasteiger partial charge in [0, 0.05) is 18.8 Å². The summed E-state index contributed by atoms with van der Waals surface area (Å²) in [5.74, 6) is 0.689. The first kappa shape index (κ1) is 16.7. The Kier molecular flexibility index (Phi) is 7.27. The number of ketones is 1. The average Bonchev–Trinajstić information content (AvgIpc) is 2.73. The van der Waals surface area contributed by atoms with Gasteiger partial charge in [-0.3, -0.25) is 9.59 Å². The monoisotopic (exact) mass is 278 g/mol. The number of unbranched alkanes of at least 4 members (excludes halogenated alkanes) is 1. The Morgan fingerprint density at radius 2 is 2.20 bits per heavy atom. The lowest BCUT2D eigenvalue weighted by Gasteiger charge is -2.11. The van der Waals surface area contributed by atoms with Crippen molar-refractivity contribution in [2.45, 2.75) is 58.5 Å². The van der Waals surface area contributed by atoms with Crippen molar-refractivity contribution in [3.05, 3.63) is 24.8 Å². The summed E-state index contributed by atoms with van der Waals surface area (Å²) in [6.07, 6.45) is 10.5. The van der Waals surface area contributed by atoms with Gasteiger partial charge in [0.25, 0.3) is 0 Å². The Morgan fingerprint density at radius 1 is 1.45 bits per heavy atom. The van der Waals surface area contributed by atoms with Crippen molar-refractivity contribution in [1.29, 1.82) is 0 Å². The standard InChI is InChI=1S/C17H26O3/c1-4-14-11-12-16(18)15(14)9-7-5-6-8-10-17(19)20-13(2)3/h4-5,7,13-15H,1,6,8-12H2,2-3H3/b7-5-/t14-,15+/m0/s1. The van der Waals surface area contributed by atoms with E-state index in [1.807, 2.05) is 19.9 Å². The Labute approximate surface area is 122 Å². The molecule has 0 radical (unpaired) electrons. The van der Waals surface area contributed by atoms with Gasteiger partial charge in [-0.2, -0.15) is 0 Å². The highest BCUT2D eigenvalue weighted by Gasteiger charge is 2.31. The molecule has 0 spiro atoms. The van der Waals surface area contributed by atoms with E-state index in [-0.39, 0.29) is 18.0 Å². The van der Waals surface area contributed by atoms with E-state index in [2.05, 4.69) is 18.7 Å². The first-order valence-electron chi connectivity index (χ1n) is 7.54. The molecule has 0 amide bonds. The van der Waals surface area contributed by atoms with Crippen molar-refractivity contribution in [2.24, 2.45) is 11.8 Å². The lowest BCUT2D eigenvalue weighted by Crippen LogP contribution is -2.11. The van der Waals surface area contributed by atoms with E-state index >= 15 is 0 Å². The van der Waals surface area contributed by atoms with Gasteiger partial charge in [0.1, 0.15) is 5.78 Å². The van der Waals surface area contributed by atoms with Crippen molar-refractivity contribution in [3.63, 3.8) is 0 Å². The van der Waals surface area contributed by atoms with Crippen LogP contribution in [0.25, 0.3) is 0 Å². The highest BCUT2D eigenvalue weighted by molar-refractivity contribution is 5.83. The first-order valence-corrected chi connectivity index (χ1v) is 7.54. The van der Waals surface area contributed by atoms with Gasteiger partial charge in [0.15, 0.2) is 0 Å². The predicted molar refractivity (Wildman–Crippen MR) is 80.3 cm³/mol.